The number of fused-ring (bicyclic) bond motifs is 1. The van der Waals surface area contributed by atoms with Gasteiger partial charge in [0.2, 0.25) is 10.0 Å². The first kappa shape index (κ1) is 24.3. The van der Waals surface area contributed by atoms with E-state index in [0.717, 1.165) is 21.5 Å². The van der Waals surface area contributed by atoms with Gasteiger partial charge in [-0.15, -0.1) is 0 Å². The SMILES string of the molecule is COc1ccc2cc(/C=N\NC(=O)CN(c3cc(C)ccc3OC)S(C)(=O)=O)c(Cl)nc2c1. The van der Waals surface area contributed by atoms with Crippen molar-refractivity contribution in [2.75, 3.05) is 31.3 Å². The van der Waals surface area contributed by atoms with Gasteiger partial charge in [0, 0.05) is 17.0 Å². The molecule has 33 heavy (non-hydrogen) atoms. The second-order valence-corrected chi connectivity index (χ2v) is 9.43. The van der Waals surface area contributed by atoms with Crippen molar-refractivity contribution in [1.29, 1.82) is 0 Å². The maximum absolute atomic E-state index is 12.5. The molecule has 1 N–H and O–H groups in total. The molecule has 1 aromatic heterocycles. The van der Waals surface area contributed by atoms with Gasteiger partial charge < -0.3 is 9.47 Å². The number of rotatable bonds is 8. The number of sulfonamides is 1. The molecule has 1 amide bonds. The average molecular weight is 491 g/mol. The molecule has 0 saturated carbocycles. The minimum atomic E-state index is -3.78. The third-order valence-corrected chi connectivity index (χ3v) is 6.12. The molecule has 0 aliphatic carbocycles. The lowest BCUT2D eigenvalue weighted by Crippen LogP contribution is -2.39. The number of aryl methyl sites for hydroxylation is 1. The van der Waals surface area contributed by atoms with Gasteiger partial charge in [-0.25, -0.2) is 18.8 Å². The van der Waals surface area contributed by atoms with Crippen LogP contribution in [0.25, 0.3) is 10.9 Å². The molecule has 0 fully saturated rings. The summed E-state index contributed by atoms with van der Waals surface area (Å²) in [5, 5.41) is 4.90. The number of aromatic nitrogens is 1. The van der Waals surface area contributed by atoms with E-state index in [1.165, 1.54) is 13.3 Å². The van der Waals surface area contributed by atoms with Gasteiger partial charge in [0.1, 0.15) is 23.2 Å². The fourth-order valence-electron chi connectivity index (χ4n) is 3.07. The van der Waals surface area contributed by atoms with Crippen LogP contribution in [0, 0.1) is 6.92 Å². The van der Waals surface area contributed by atoms with Crippen LogP contribution in [0.1, 0.15) is 11.1 Å². The van der Waals surface area contributed by atoms with Crippen molar-refractivity contribution in [3.63, 3.8) is 0 Å². The zero-order valence-corrected chi connectivity index (χ0v) is 20.1. The van der Waals surface area contributed by atoms with Crippen LogP contribution >= 0.6 is 11.6 Å². The van der Waals surface area contributed by atoms with Crippen LogP contribution in [0.4, 0.5) is 5.69 Å². The standard InChI is InChI=1S/C22H23ClN4O5S/c1-14-5-8-20(32-3)19(9-14)27(33(4,29)30)13-21(28)26-24-12-16-10-15-6-7-17(31-2)11-18(15)25-22(16)23/h5-12H,13H2,1-4H3,(H,26,28)/b24-12-. The van der Waals surface area contributed by atoms with Crippen LogP contribution < -0.4 is 19.2 Å². The van der Waals surface area contributed by atoms with Crippen LogP contribution in [0.5, 0.6) is 11.5 Å². The maximum atomic E-state index is 12.5. The van der Waals surface area contributed by atoms with Gasteiger partial charge in [-0.05, 0) is 42.8 Å². The van der Waals surface area contributed by atoms with Gasteiger partial charge in [0.15, 0.2) is 0 Å². The van der Waals surface area contributed by atoms with Gasteiger partial charge in [0.05, 0.1) is 37.9 Å². The summed E-state index contributed by atoms with van der Waals surface area (Å²) in [5.41, 5.74) is 4.53. The minimum Gasteiger partial charge on any atom is -0.497 e. The highest BCUT2D eigenvalue weighted by molar-refractivity contribution is 7.92. The van der Waals surface area contributed by atoms with Crippen molar-refractivity contribution >= 4 is 50.3 Å². The summed E-state index contributed by atoms with van der Waals surface area (Å²) >= 11 is 6.23. The summed E-state index contributed by atoms with van der Waals surface area (Å²) < 4.78 is 36.2. The Kier molecular flexibility index (Phi) is 7.39. The zero-order valence-electron chi connectivity index (χ0n) is 18.5. The Morgan fingerprint density at radius 3 is 2.61 bits per heavy atom. The Hall–Kier alpha value is -3.37. The Morgan fingerprint density at radius 1 is 1.18 bits per heavy atom. The number of ether oxygens (including phenoxy) is 2. The number of nitrogens with zero attached hydrogens (tertiary/aromatic N) is 3. The predicted octanol–water partition coefficient (Wildman–Crippen LogP) is 3.13. The third kappa shape index (κ3) is 5.91. The number of carbonyl (C=O) groups excluding carboxylic acids is 1. The summed E-state index contributed by atoms with van der Waals surface area (Å²) in [6.45, 7) is 1.32. The molecule has 3 aromatic rings. The highest BCUT2D eigenvalue weighted by atomic mass is 35.5. The smallest absolute Gasteiger partial charge is 0.260 e. The number of nitrogens with one attached hydrogen (secondary N) is 1. The molecule has 0 bridgehead atoms. The van der Waals surface area contributed by atoms with E-state index in [1.54, 1.807) is 43.5 Å². The molecule has 0 aliphatic heterocycles. The lowest BCUT2D eigenvalue weighted by Gasteiger charge is -2.23. The van der Waals surface area contributed by atoms with Crippen molar-refractivity contribution in [2.24, 2.45) is 5.10 Å². The van der Waals surface area contributed by atoms with E-state index in [9.17, 15) is 13.2 Å². The van der Waals surface area contributed by atoms with E-state index >= 15 is 0 Å². The highest BCUT2D eigenvalue weighted by Crippen LogP contribution is 2.30. The zero-order chi connectivity index (χ0) is 24.2. The Labute approximate surface area is 197 Å². The second kappa shape index (κ2) is 10.1. The largest absolute Gasteiger partial charge is 0.497 e. The molecule has 0 aliphatic rings. The Morgan fingerprint density at radius 2 is 1.94 bits per heavy atom. The van der Waals surface area contributed by atoms with Crippen LogP contribution in [-0.4, -0.2) is 52.5 Å². The van der Waals surface area contributed by atoms with Crippen molar-refractivity contribution < 1.29 is 22.7 Å². The number of anilines is 1. The molecule has 2 aromatic carbocycles. The average Bonchev–Trinajstić information content (AvgIpc) is 2.76. The van der Waals surface area contributed by atoms with E-state index in [1.807, 2.05) is 13.0 Å². The Balaban J connectivity index is 1.78. The van der Waals surface area contributed by atoms with Gasteiger partial charge >= 0.3 is 0 Å². The van der Waals surface area contributed by atoms with Gasteiger partial charge in [-0.2, -0.15) is 5.10 Å². The third-order valence-electron chi connectivity index (χ3n) is 4.69. The monoisotopic (exact) mass is 490 g/mol. The highest BCUT2D eigenvalue weighted by Gasteiger charge is 2.24. The molecule has 3 rings (SSSR count). The van der Waals surface area contributed by atoms with Gasteiger partial charge in [-0.1, -0.05) is 17.7 Å². The quantitative estimate of drug-likeness (QED) is 0.295. The van der Waals surface area contributed by atoms with E-state index in [-0.39, 0.29) is 10.8 Å². The summed E-state index contributed by atoms with van der Waals surface area (Å²) in [7, 11) is -0.788. The molecular weight excluding hydrogens is 468 g/mol. The van der Waals surface area contributed by atoms with Gasteiger partial charge in [0.25, 0.3) is 5.91 Å². The Bertz CT molecular complexity index is 1330. The number of hydrazone groups is 1. The normalized spacial score (nSPS) is 11.5. The number of benzene rings is 2. The van der Waals surface area contributed by atoms with Crippen LogP contribution in [0.3, 0.4) is 0 Å². The minimum absolute atomic E-state index is 0.191. The van der Waals surface area contributed by atoms with Crippen molar-refractivity contribution in [1.82, 2.24) is 10.4 Å². The summed E-state index contributed by atoms with van der Waals surface area (Å²) in [4.78, 5) is 16.8. The van der Waals surface area contributed by atoms with Crippen LogP contribution in [0.2, 0.25) is 5.15 Å². The number of hydrogen-bond donors (Lipinski definition) is 1. The summed E-state index contributed by atoms with van der Waals surface area (Å²) in [5.74, 6) is 0.336. The molecule has 0 spiro atoms. The number of carbonyl (C=O) groups is 1. The molecule has 0 atom stereocenters. The molecular formula is C22H23ClN4O5S. The first-order valence-electron chi connectivity index (χ1n) is 9.71. The molecule has 1 heterocycles. The van der Waals surface area contributed by atoms with Crippen LogP contribution in [0.15, 0.2) is 47.6 Å². The fraction of sp³-hybridized carbons (Fsp3) is 0.227. The summed E-state index contributed by atoms with van der Waals surface area (Å²) in [6.07, 6.45) is 2.36. The van der Waals surface area contributed by atoms with Crippen molar-refractivity contribution in [3.8, 4) is 11.5 Å². The number of hydrogen-bond acceptors (Lipinski definition) is 7. The molecule has 174 valence electrons. The first-order valence-corrected chi connectivity index (χ1v) is 11.9. The first-order chi connectivity index (χ1) is 15.6. The second-order valence-electron chi connectivity index (χ2n) is 7.17. The number of pyridine rings is 1. The number of methoxy groups -OCH3 is 2. The molecule has 0 saturated heterocycles. The number of halogens is 1. The predicted molar refractivity (Wildman–Crippen MR) is 129 cm³/mol. The molecule has 0 unspecified atom stereocenters. The maximum Gasteiger partial charge on any atom is 0.260 e. The molecule has 0 radical (unpaired) electrons. The topological polar surface area (TPSA) is 110 Å². The van der Waals surface area contributed by atoms with E-state index in [4.69, 9.17) is 21.1 Å². The molecule has 9 nitrogen and oxygen atoms in total. The molecule has 11 heteroatoms. The number of amides is 1. The van der Waals surface area contributed by atoms with E-state index < -0.39 is 22.5 Å². The van der Waals surface area contributed by atoms with E-state index in [2.05, 4.69) is 15.5 Å². The summed E-state index contributed by atoms with van der Waals surface area (Å²) in [6, 6.07) is 12.2. The van der Waals surface area contributed by atoms with Crippen molar-refractivity contribution in [3.05, 3.63) is 58.7 Å². The lowest BCUT2D eigenvalue weighted by molar-refractivity contribution is -0.119. The van der Waals surface area contributed by atoms with Crippen molar-refractivity contribution in [2.45, 2.75) is 6.92 Å². The lowest BCUT2D eigenvalue weighted by atomic mass is 10.1. The van der Waals surface area contributed by atoms with Gasteiger partial charge in [-0.3, -0.25) is 9.10 Å². The fourth-order valence-corrected chi connectivity index (χ4v) is 4.12. The van der Waals surface area contributed by atoms with Crippen LogP contribution in [-0.2, 0) is 14.8 Å². The van der Waals surface area contributed by atoms with E-state index in [0.29, 0.717) is 22.6 Å².